The fraction of sp³-hybridized carbons (Fsp3) is 0.300. The van der Waals surface area contributed by atoms with E-state index in [1.807, 2.05) is 6.92 Å². The number of halogens is 1. The Labute approximate surface area is 92.0 Å². The fourth-order valence-corrected chi connectivity index (χ4v) is 1.42. The molecule has 0 aliphatic carbocycles. The summed E-state index contributed by atoms with van der Waals surface area (Å²) in [5.41, 5.74) is 7.46. The van der Waals surface area contributed by atoms with E-state index >= 15 is 0 Å². The normalized spacial score (nSPS) is 11.1. The smallest absolute Gasteiger partial charge is 0.221 e. The van der Waals surface area contributed by atoms with Crippen molar-refractivity contribution >= 4 is 28.4 Å². The van der Waals surface area contributed by atoms with Gasteiger partial charge in [0.05, 0.1) is 10.7 Å². The molecule has 1 aromatic heterocycles. The van der Waals surface area contributed by atoms with Gasteiger partial charge >= 0.3 is 0 Å². The number of fused-ring (bicyclic) bond motifs is 1. The van der Waals surface area contributed by atoms with Gasteiger partial charge in [-0.15, -0.1) is 0 Å². The number of ether oxygens (including phenoxy) is 1. The highest BCUT2D eigenvalue weighted by Gasteiger charge is 2.08. The lowest BCUT2D eigenvalue weighted by molar-refractivity contribution is 0.116. The minimum atomic E-state index is 0.364. The van der Waals surface area contributed by atoms with Crippen molar-refractivity contribution in [3.05, 3.63) is 23.0 Å². The van der Waals surface area contributed by atoms with Crippen LogP contribution < -0.4 is 5.73 Å². The number of nitrogen functional groups attached to an aromatic ring is 1. The van der Waals surface area contributed by atoms with Crippen molar-refractivity contribution in [2.45, 2.75) is 13.5 Å². The molecule has 0 aliphatic heterocycles. The Hall–Kier alpha value is -1.26. The van der Waals surface area contributed by atoms with Gasteiger partial charge in [-0.05, 0) is 13.0 Å². The number of nitrogens with zero attached hydrogens (tertiary/aromatic N) is 1. The van der Waals surface area contributed by atoms with Crippen LogP contribution in [0.2, 0.25) is 5.02 Å². The van der Waals surface area contributed by atoms with Crippen molar-refractivity contribution in [3.63, 3.8) is 0 Å². The van der Waals surface area contributed by atoms with Gasteiger partial charge in [-0.25, -0.2) is 4.98 Å². The molecule has 0 bridgehead atoms. The number of hydrogen-bond donors (Lipinski definition) is 1. The minimum Gasteiger partial charge on any atom is -0.438 e. The summed E-state index contributed by atoms with van der Waals surface area (Å²) in [6.45, 7) is 2.90. The number of rotatable bonds is 3. The van der Waals surface area contributed by atoms with Crippen LogP contribution in [0.5, 0.6) is 0 Å². The van der Waals surface area contributed by atoms with Crippen LogP contribution in [-0.2, 0) is 11.3 Å². The third kappa shape index (κ3) is 2.06. The van der Waals surface area contributed by atoms with Gasteiger partial charge < -0.3 is 14.9 Å². The molecule has 2 N–H and O–H groups in total. The van der Waals surface area contributed by atoms with Crippen molar-refractivity contribution in [1.82, 2.24) is 4.98 Å². The Kier molecular flexibility index (Phi) is 2.79. The number of nitrogens with two attached hydrogens (primary N) is 1. The molecule has 0 radical (unpaired) electrons. The lowest BCUT2D eigenvalue weighted by atomic mass is 10.3. The van der Waals surface area contributed by atoms with Crippen LogP contribution in [0.25, 0.3) is 11.1 Å². The van der Waals surface area contributed by atoms with E-state index in [0.717, 1.165) is 0 Å². The molecule has 5 heteroatoms. The standard InChI is InChI=1S/C10H11ClN2O2/c1-2-14-5-10-13-8-3-6(11)7(12)4-9(8)15-10/h3-4H,2,5,12H2,1H3. The minimum absolute atomic E-state index is 0.364. The molecule has 0 atom stereocenters. The van der Waals surface area contributed by atoms with E-state index in [1.165, 1.54) is 0 Å². The van der Waals surface area contributed by atoms with Crippen molar-refractivity contribution in [2.24, 2.45) is 0 Å². The average molecular weight is 227 g/mol. The van der Waals surface area contributed by atoms with Crippen LogP contribution in [0, 0.1) is 0 Å². The molecule has 1 aromatic carbocycles. The second-order valence-corrected chi connectivity index (χ2v) is 3.49. The topological polar surface area (TPSA) is 61.3 Å². The van der Waals surface area contributed by atoms with Crippen LogP contribution in [0.15, 0.2) is 16.5 Å². The molecule has 80 valence electrons. The van der Waals surface area contributed by atoms with E-state index in [4.69, 9.17) is 26.5 Å². The van der Waals surface area contributed by atoms with Crippen molar-refractivity contribution < 1.29 is 9.15 Å². The van der Waals surface area contributed by atoms with Crippen LogP contribution in [0.4, 0.5) is 5.69 Å². The molecule has 4 nitrogen and oxygen atoms in total. The molecular weight excluding hydrogens is 216 g/mol. The van der Waals surface area contributed by atoms with Gasteiger partial charge in [0.1, 0.15) is 12.1 Å². The zero-order valence-electron chi connectivity index (χ0n) is 8.29. The molecule has 0 spiro atoms. The molecule has 2 aromatic rings. The van der Waals surface area contributed by atoms with Gasteiger partial charge in [0.2, 0.25) is 5.89 Å². The molecule has 2 rings (SSSR count). The van der Waals surface area contributed by atoms with Crippen LogP contribution in [-0.4, -0.2) is 11.6 Å². The third-order valence-electron chi connectivity index (χ3n) is 1.98. The van der Waals surface area contributed by atoms with Gasteiger partial charge in [0.15, 0.2) is 5.58 Å². The zero-order valence-corrected chi connectivity index (χ0v) is 9.04. The maximum absolute atomic E-state index is 5.86. The van der Waals surface area contributed by atoms with Gasteiger partial charge in [-0.2, -0.15) is 0 Å². The molecule has 0 fully saturated rings. The van der Waals surface area contributed by atoms with Gasteiger partial charge in [-0.1, -0.05) is 11.6 Å². The van der Waals surface area contributed by atoms with Crippen molar-refractivity contribution in [2.75, 3.05) is 12.3 Å². The number of anilines is 1. The summed E-state index contributed by atoms with van der Waals surface area (Å²) in [6.07, 6.45) is 0. The summed E-state index contributed by atoms with van der Waals surface area (Å²) in [5, 5.41) is 0.485. The summed E-state index contributed by atoms with van der Waals surface area (Å²) in [4.78, 5) is 4.22. The Balaban J connectivity index is 2.38. The van der Waals surface area contributed by atoms with Gasteiger partial charge in [-0.3, -0.25) is 0 Å². The Morgan fingerprint density at radius 2 is 2.33 bits per heavy atom. The molecule has 0 saturated carbocycles. The summed E-state index contributed by atoms with van der Waals surface area (Å²) in [5.74, 6) is 0.536. The maximum atomic E-state index is 5.86. The molecule has 0 saturated heterocycles. The second-order valence-electron chi connectivity index (χ2n) is 3.09. The molecule has 0 aliphatic rings. The predicted octanol–water partition coefficient (Wildman–Crippen LogP) is 2.60. The van der Waals surface area contributed by atoms with E-state index in [1.54, 1.807) is 12.1 Å². The Morgan fingerprint density at radius 1 is 1.53 bits per heavy atom. The van der Waals surface area contributed by atoms with Crippen LogP contribution in [0.1, 0.15) is 12.8 Å². The first kappa shape index (κ1) is 10.3. The lowest BCUT2D eigenvalue weighted by Gasteiger charge is -1.94. The molecule has 1 heterocycles. The summed E-state index contributed by atoms with van der Waals surface area (Å²) in [7, 11) is 0. The van der Waals surface area contributed by atoms with Crippen molar-refractivity contribution in [3.8, 4) is 0 Å². The first-order chi connectivity index (χ1) is 7.20. The van der Waals surface area contributed by atoms with Crippen LogP contribution in [0.3, 0.4) is 0 Å². The monoisotopic (exact) mass is 226 g/mol. The lowest BCUT2D eigenvalue weighted by Crippen LogP contribution is -1.90. The third-order valence-corrected chi connectivity index (χ3v) is 2.31. The SMILES string of the molecule is CCOCc1nc2cc(Cl)c(N)cc2o1. The second kappa shape index (κ2) is 4.08. The number of oxazole rings is 1. The first-order valence-corrected chi connectivity index (χ1v) is 5.00. The highest BCUT2D eigenvalue weighted by molar-refractivity contribution is 6.33. The fourth-order valence-electron chi connectivity index (χ4n) is 1.26. The van der Waals surface area contributed by atoms with Crippen LogP contribution >= 0.6 is 11.6 Å². The number of aromatic nitrogens is 1. The van der Waals surface area contributed by atoms with Crippen molar-refractivity contribution in [1.29, 1.82) is 0 Å². The Morgan fingerprint density at radius 3 is 3.07 bits per heavy atom. The summed E-state index contributed by atoms with van der Waals surface area (Å²) >= 11 is 5.86. The highest BCUT2D eigenvalue weighted by Crippen LogP contribution is 2.26. The maximum Gasteiger partial charge on any atom is 0.221 e. The van der Waals surface area contributed by atoms with E-state index in [2.05, 4.69) is 4.98 Å². The van der Waals surface area contributed by atoms with Gasteiger partial charge in [0, 0.05) is 12.7 Å². The quantitative estimate of drug-likeness (QED) is 0.818. The molecular formula is C10H11ClN2O2. The highest BCUT2D eigenvalue weighted by atomic mass is 35.5. The number of benzene rings is 1. The largest absolute Gasteiger partial charge is 0.438 e. The average Bonchev–Trinajstić information content (AvgIpc) is 2.58. The Bertz CT molecular complexity index is 442. The number of hydrogen-bond acceptors (Lipinski definition) is 4. The molecule has 0 amide bonds. The van der Waals surface area contributed by atoms with Gasteiger partial charge in [0.25, 0.3) is 0 Å². The molecule has 15 heavy (non-hydrogen) atoms. The zero-order chi connectivity index (χ0) is 10.8. The van der Waals surface area contributed by atoms with E-state index in [9.17, 15) is 0 Å². The first-order valence-electron chi connectivity index (χ1n) is 4.63. The van der Waals surface area contributed by atoms with E-state index in [-0.39, 0.29) is 0 Å². The molecule has 0 unspecified atom stereocenters. The van der Waals surface area contributed by atoms with E-state index < -0.39 is 0 Å². The summed E-state index contributed by atoms with van der Waals surface area (Å²) < 4.78 is 10.6. The summed E-state index contributed by atoms with van der Waals surface area (Å²) in [6, 6.07) is 3.35. The predicted molar refractivity (Wildman–Crippen MR) is 58.8 cm³/mol. The van der Waals surface area contributed by atoms with E-state index in [0.29, 0.717) is 40.9 Å².